The van der Waals surface area contributed by atoms with Gasteiger partial charge in [0.1, 0.15) is 0 Å². The van der Waals surface area contributed by atoms with Crippen molar-refractivity contribution < 1.29 is 0 Å². The lowest BCUT2D eigenvalue weighted by molar-refractivity contribution is 0.967. The molecule has 0 atom stereocenters. The van der Waals surface area contributed by atoms with E-state index in [4.69, 9.17) is 0 Å². The summed E-state index contributed by atoms with van der Waals surface area (Å²) in [6, 6.07) is 8.25. The summed E-state index contributed by atoms with van der Waals surface area (Å²) < 4.78 is 0. The van der Waals surface area contributed by atoms with Crippen LogP contribution < -0.4 is 0 Å². The highest BCUT2D eigenvalue weighted by Gasteiger charge is 2.03. The normalized spacial score (nSPS) is 10.4. The van der Waals surface area contributed by atoms with Crippen molar-refractivity contribution in [1.29, 1.82) is 0 Å². The number of pyridine rings is 2. The van der Waals surface area contributed by atoms with Crippen LogP contribution in [0.15, 0.2) is 30.5 Å². The first-order valence-electron chi connectivity index (χ1n) is 5.50. The summed E-state index contributed by atoms with van der Waals surface area (Å²) in [5.74, 6) is 0. The number of aryl methyl sites for hydroxylation is 3. The van der Waals surface area contributed by atoms with Crippen molar-refractivity contribution in [1.82, 2.24) is 9.97 Å². The Morgan fingerprint density at radius 3 is 2.50 bits per heavy atom. The molecule has 2 aromatic heterocycles. The molecule has 2 rings (SSSR count). The first-order valence-corrected chi connectivity index (χ1v) is 5.50. The van der Waals surface area contributed by atoms with Gasteiger partial charge >= 0.3 is 0 Å². The van der Waals surface area contributed by atoms with E-state index in [9.17, 15) is 0 Å². The maximum Gasteiger partial charge on any atom is 0.0492 e. The minimum absolute atomic E-state index is 0.813. The second kappa shape index (κ2) is 4.44. The van der Waals surface area contributed by atoms with Gasteiger partial charge in [0.2, 0.25) is 0 Å². The molecule has 16 heavy (non-hydrogen) atoms. The second-order valence-corrected chi connectivity index (χ2v) is 4.15. The molecule has 0 N–H and O–H groups in total. The van der Waals surface area contributed by atoms with Crippen molar-refractivity contribution in [2.24, 2.45) is 0 Å². The van der Waals surface area contributed by atoms with Crippen molar-refractivity contribution in [2.45, 2.75) is 27.2 Å². The zero-order valence-electron chi connectivity index (χ0n) is 9.99. The van der Waals surface area contributed by atoms with Gasteiger partial charge in [-0.2, -0.15) is 0 Å². The lowest BCUT2D eigenvalue weighted by Gasteiger charge is -2.06. The van der Waals surface area contributed by atoms with Gasteiger partial charge < -0.3 is 0 Å². The van der Waals surface area contributed by atoms with Crippen molar-refractivity contribution in [3.8, 4) is 0 Å². The van der Waals surface area contributed by atoms with E-state index in [2.05, 4.69) is 42.0 Å². The number of rotatable bonds is 2. The van der Waals surface area contributed by atoms with Gasteiger partial charge in [0.25, 0.3) is 0 Å². The molecule has 0 saturated carbocycles. The van der Waals surface area contributed by atoms with Gasteiger partial charge in [0, 0.05) is 29.7 Å². The minimum Gasteiger partial charge on any atom is -0.261 e. The van der Waals surface area contributed by atoms with Gasteiger partial charge in [-0.25, -0.2) is 0 Å². The van der Waals surface area contributed by atoms with Gasteiger partial charge in [0.05, 0.1) is 0 Å². The predicted octanol–water partition coefficient (Wildman–Crippen LogP) is 2.99. The van der Waals surface area contributed by atoms with Crippen molar-refractivity contribution >= 4 is 0 Å². The average Bonchev–Trinajstić information content (AvgIpc) is 2.27. The Hall–Kier alpha value is -1.70. The molecule has 0 saturated heterocycles. The number of hydrogen-bond acceptors (Lipinski definition) is 2. The van der Waals surface area contributed by atoms with E-state index in [-0.39, 0.29) is 0 Å². The second-order valence-electron chi connectivity index (χ2n) is 4.15. The fourth-order valence-corrected chi connectivity index (χ4v) is 1.66. The van der Waals surface area contributed by atoms with Crippen LogP contribution in [0.4, 0.5) is 0 Å². The fraction of sp³-hybridized carbons (Fsp3) is 0.286. The predicted molar refractivity (Wildman–Crippen MR) is 65.5 cm³/mol. The van der Waals surface area contributed by atoms with Gasteiger partial charge in [-0.15, -0.1) is 0 Å². The monoisotopic (exact) mass is 212 g/mol. The zero-order chi connectivity index (χ0) is 11.5. The molecule has 2 nitrogen and oxygen atoms in total. The third-order valence-electron chi connectivity index (χ3n) is 2.87. The van der Waals surface area contributed by atoms with E-state index < -0.39 is 0 Å². The first kappa shape index (κ1) is 10.8. The highest BCUT2D eigenvalue weighted by atomic mass is 14.7. The number of aromatic nitrogens is 2. The highest BCUT2D eigenvalue weighted by Crippen LogP contribution is 2.11. The quantitative estimate of drug-likeness (QED) is 0.764. The molecular weight excluding hydrogens is 196 g/mol. The van der Waals surface area contributed by atoms with Crippen LogP contribution >= 0.6 is 0 Å². The van der Waals surface area contributed by atoms with E-state index in [1.165, 1.54) is 11.1 Å². The van der Waals surface area contributed by atoms with Crippen LogP contribution in [0.1, 0.15) is 28.2 Å². The van der Waals surface area contributed by atoms with Crippen molar-refractivity contribution in [3.63, 3.8) is 0 Å². The molecule has 0 aromatic carbocycles. The minimum atomic E-state index is 0.813. The molecular formula is C14H16N2. The Kier molecular flexibility index (Phi) is 3.00. The van der Waals surface area contributed by atoms with Crippen LogP contribution in [0, 0.1) is 20.8 Å². The van der Waals surface area contributed by atoms with Gasteiger partial charge in [-0.05, 0) is 44.0 Å². The highest BCUT2D eigenvalue weighted by molar-refractivity contribution is 5.26. The van der Waals surface area contributed by atoms with E-state index in [0.29, 0.717) is 0 Å². The lowest BCUT2D eigenvalue weighted by Crippen LogP contribution is -1.99. The van der Waals surface area contributed by atoms with Crippen LogP contribution in [0.2, 0.25) is 0 Å². The summed E-state index contributed by atoms with van der Waals surface area (Å²) in [4.78, 5) is 8.95. The Morgan fingerprint density at radius 2 is 1.81 bits per heavy atom. The van der Waals surface area contributed by atoms with Gasteiger partial charge in [-0.1, -0.05) is 12.1 Å². The SMILES string of the molecule is Cc1ccc(Cc2ncccc2C)nc1C. The summed E-state index contributed by atoms with van der Waals surface area (Å²) in [6.07, 6.45) is 2.65. The fourth-order valence-electron chi connectivity index (χ4n) is 1.66. The maximum absolute atomic E-state index is 4.57. The largest absolute Gasteiger partial charge is 0.261 e. The third kappa shape index (κ3) is 2.27. The van der Waals surface area contributed by atoms with Crippen LogP contribution in [0.5, 0.6) is 0 Å². The molecule has 0 aliphatic heterocycles. The molecule has 0 unspecified atom stereocenters. The number of nitrogens with zero attached hydrogens (tertiary/aromatic N) is 2. The molecule has 0 radical (unpaired) electrons. The molecule has 82 valence electrons. The number of hydrogen-bond donors (Lipinski definition) is 0. The van der Waals surface area contributed by atoms with Crippen LogP contribution in [0.3, 0.4) is 0 Å². The van der Waals surface area contributed by atoms with E-state index in [0.717, 1.165) is 23.5 Å². The van der Waals surface area contributed by atoms with Crippen molar-refractivity contribution in [3.05, 3.63) is 58.7 Å². The Bertz CT molecular complexity index is 504. The lowest BCUT2D eigenvalue weighted by atomic mass is 10.1. The van der Waals surface area contributed by atoms with E-state index in [1.54, 1.807) is 0 Å². The summed E-state index contributed by atoms with van der Waals surface area (Å²) in [7, 11) is 0. The average molecular weight is 212 g/mol. The molecule has 0 spiro atoms. The summed E-state index contributed by atoms with van der Waals surface area (Å²) in [6.45, 7) is 6.21. The summed E-state index contributed by atoms with van der Waals surface area (Å²) >= 11 is 0. The van der Waals surface area contributed by atoms with Gasteiger partial charge in [0.15, 0.2) is 0 Å². The molecule has 0 fully saturated rings. The summed E-state index contributed by atoms with van der Waals surface area (Å²) in [5, 5.41) is 0. The molecule has 0 aliphatic carbocycles. The zero-order valence-corrected chi connectivity index (χ0v) is 9.99. The Morgan fingerprint density at radius 1 is 1.00 bits per heavy atom. The van der Waals surface area contributed by atoms with E-state index in [1.807, 2.05) is 19.2 Å². The smallest absolute Gasteiger partial charge is 0.0492 e. The molecule has 0 amide bonds. The molecule has 0 aliphatic rings. The van der Waals surface area contributed by atoms with Crippen molar-refractivity contribution in [2.75, 3.05) is 0 Å². The molecule has 2 heteroatoms. The van der Waals surface area contributed by atoms with Gasteiger partial charge in [-0.3, -0.25) is 9.97 Å². The van der Waals surface area contributed by atoms with E-state index >= 15 is 0 Å². The maximum atomic E-state index is 4.57. The van der Waals surface area contributed by atoms with Crippen LogP contribution in [0.25, 0.3) is 0 Å². The molecule has 2 aromatic rings. The standard InChI is InChI=1S/C14H16N2/c1-10-6-7-13(16-12(10)3)9-14-11(2)5-4-8-15-14/h4-8H,9H2,1-3H3. The Labute approximate surface area is 96.4 Å². The summed E-state index contributed by atoms with van der Waals surface area (Å²) in [5.41, 5.74) is 5.76. The van der Waals surface area contributed by atoms with Crippen LogP contribution in [-0.4, -0.2) is 9.97 Å². The Balaban J connectivity index is 2.28. The molecule has 0 bridgehead atoms. The first-order chi connectivity index (χ1) is 7.66. The molecule has 2 heterocycles. The van der Waals surface area contributed by atoms with Crippen LogP contribution in [-0.2, 0) is 6.42 Å². The third-order valence-corrected chi connectivity index (χ3v) is 2.87. The topological polar surface area (TPSA) is 25.8 Å².